The van der Waals surface area contributed by atoms with Gasteiger partial charge in [0.05, 0.1) is 29.9 Å². The van der Waals surface area contributed by atoms with Gasteiger partial charge < -0.3 is 4.74 Å². The minimum absolute atomic E-state index is 0.0574. The molecule has 0 aliphatic carbocycles. The fourth-order valence-electron chi connectivity index (χ4n) is 2.27. The molecule has 0 radical (unpaired) electrons. The van der Waals surface area contributed by atoms with Crippen molar-refractivity contribution in [3.8, 4) is 0 Å². The van der Waals surface area contributed by atoms with Crippen LogP contribution in [0, 0.1) is 0 Å². The topological polar surface area (TPSA) is 44.1 Å². The summed E-state index contributed by atoms with van der Waals surface area (Å²) in [5, 5.41) is 1.11. The van der Waals surface area contributed by atoms with Crippen molar-refractivity contribution in [1.82, 2.24) is 9.55 Å². The maximum Gasteiger partial charge on any atom is 0.261 e. The largest absolute Gasteiger partial charge is 0.376 e. The number of halogens is 1. The van der Waals surface area contributed by atoms with Crippen LogP contribution in [0.15, 0.2) is 29.3 Å². The van der Waals surface area contributed by atoms with Crippen molar-refractivity contribution in [3.63, 3.8) is 0 Å². The Bertz CT molecular complexity index is 632. The van der Waals surface area contributed by atoms with E-state index < -0.39 is 0 Å². The molecule has 5 heteroatoms. The maximum atomic E-state index is 12.3. The number of nitrogens with zero attached hydrogens (tertiary/aromatic N) is 2. The van der Waals surface area contributed by atoms with E-state index in [2.05, 4.69) is 4.98 Å². The highest BCUT2D eigenvalue weighted by Gasteiger charge is 2.17. The van der Waals surface area contributed by atoms with Crippen LogP contribution in [0.25, 0.3) is 10.9 Å². The van der Waals surface area contributed by atoms with E-state index in [0.717, 1.165) is 19.4 Å². The summed E-state index contributed by atoms with van der Waals surface area (Å²) in [6.45, 7) is 1.35. The molecule has 2 aromatic rings. The molecule has 1 fully saturated rings. The molecule has 0 amide bonds. The molecule has 1 saturated heterocycles. The van der Waals surface area contributed by atoms with Crippen molar-refractivity contribution in [2.45, 2.75) is 25.5 Å². The Hall–Kier alpha value is -1.39. The smallest absolute Gasteiger partial charge is 0.261 e. The first kappa shape index (κ1) is 11.7. The molecule has 2 heterocycles. The molecule has 0 bridgehead atoms. The van der Waals surface area contributed by atoms with Gasteiger partial charge in [-0.25, -0.2) is 4.98 Å². The molecule has 1 atom stereocenters. The zero-order valence-corrected chi connectivity index (χ0v) is 10.6. The second kappa shape index (κ2) is 4.71. The van der Waals surface area contributed by atoms with E-state index in [1.807, 2.05) is 0 Å². The zero-order valence-electron chi connectivity index (χ0n) is 9.80. The summed E-state index contributed by atoms with van der Waals surface area (Å²) < 4.78 is 7.14. The van der Waals surface area contributed by atoms with E-state index in [0.29, 0.717) is 22.5 Å². The third kappa shape index (κ3) is 2.13. The Kier molecular flexibility index (Phi) is 3.06. The van der Waals surface area contributed by atoms with Crippen molar-refractivity contribution < 1.29 is 4.74 Å². The fourth-order valence-corrected chi connectivity index (χ4v) is 2.44. The van der Waals surface area contributed by atoms with Gasteiger partial charge in [0, 0.05) is 11.6 Å². The number of benzene rings is 1. The van der Waals surface area contributed by atoms with Gasteiger partial charge >= 0.3 is 0 Å². The first-order valence-corrected chi connectivity index (χ1v) is 6.38. The molecular weight excluding hydrogens is 252 g/mol. The number of ether oxygens (including phenoxy) is 1. The number of hydrogen-bond donors (Lipinski definition) is 0. The van der Waals surface area contributed by atoms with E-state index in [-0.39, 0.29) is 11.7 Å². The molecule has 1 aliphatic heterocycles. The quantitative estimate of drug-likeness (QED) is 0.835. The lowest BCUT2D eigenvalue weighted by Gasteiger charge is -2.11. The van der Waals surface area contributed by atoms with Crippen molar-refractivity contribution in [1.29, 1.82) is 0 Å². The Morgan fingerprint density at radius 1 is 1.50 bits per heavy atom. The predicted molar refractivity (Wildman–Crippen MR) is 70.0 cm³/mol. The predicted octanol–water partition coefficient (Wildman–Crippen LogP) is 2.23. The van der Waals surface area contributed by atoms with Crippen LogP contribution in [0.1, 0.15) is 12.8 Å². The SMILES string of the molecule is O=c1c2cc(Cl)ccc2ncn1CC1CCCO1. The summed E-state index contributed by atoms with van der Waals surface area (Å²) in [7, 11) is 0. The summed E-state index contributed by atoms with van der Waals surface area (Å²) in [6, 6.07) is 5.16. The molecule has 18 heavy (non-hydrogen) atoms. The number of rotatable bonds is 2. The van der Waals surface area contributed by atoms with Crippen molar-refractivity contribution >= 4 is 22.5 Å². The highest BCUT2D eigenvalue weighted by molar-refractivity contribution is 6.31. The third-order valence-corrected chi connectivity index (χ3v) is 3.45. The number of fused-ring (bicyclic) bond motifs is 1. The maximum absolute atomic E-state index is 12.3. The average molecular weight is 265 g/mol. The minimum Gasteiger partial charge on any atom is -0.376 e. The van der Waals surface area contributed by atoms with Crippen molar-refractivity contribution in [2.24, 2.45) is 0 Å². The standard InChI is InChI=1S/C13H13ClN2O2/c14-9-3-4-12-11(6-9)13(17)16(8-15-12)7-10-2-1-5-18-10/h3-4,6,8,10H,1-2,5,7H2. The zero-order chi connectivity index (χ0) is 12.5. The molecule has 1 aromatic carbocycles. The highest BCUT2D eigenvalue weighted by Crippen LogP contribution is 2.16. The van der Waals surface area contributed by atoms with Crippen LogP contribution in [0.2, 0.25) is 5.02 Å². The molecule has 1 unspecified atom stereocenters. The van der Waals surface area contributed by atoms with E-state index in [9.17, 15) is 4.79 Å². The Balaban J connectivity index is 2.02. The second-order valence-electron chi connectivity index (χ2n) is 4.50. The van der Waals surface area contributed by atoms with Gasteiger partial charge in [-0.15, -0.1) is 0 Å². The van der Waals surface area contributed by atoms with Crippen LogP contribution in [-0.2, 0) is 11.3 Å². The molecule has 3 rings (SSSR count). The summed E-state index contributed by atoms with van der Waals surface area (Å²) in [5.41, 5.74) is 0.617. The Labute approximate surface area is 109 Å². The second-order valence-corrected chi connectivity index (χ2v) is 4.94. The summed E-state index contributed by atoms with van der Waals surface area (Å²) >= 11 is 5.91. The summed E-state index contributed by atoms with van der Waals surface area (Å²) in [4.78, 5) is 16.6. The monoisotopic (exact) mass is 264 g/mol. The Morgan fingerprint density at radius 3 is 3.17 bits per heavy atom. The van der Waals surface area contributed by atoms with Gasteiger partial charge in [-0.2, -0.15) is 0 Å². The lowest BCUT2D eigenvalue weighted by molar-refractivity contribution is 0.0960. The van der Waals surface area contributed by atoms with E-state index in [4.69, 9.17) is 16.3 Å². The highest BCUT2D eigenvalue weighted by atomic mass is 35.5. The van der Waals surface area contributed by atoms with Gasteiger partial charge in [-0.1, -0.05) is 11.6 Å². The van der Waals surface area contributed by atoms with Gasteiger partial charge in [0.1, 0.15) is 0 Å². The fraction of sp³-hybridized carbons (Fsp3) is 0.385. The van der Waals surface area contributed by atoms with Crippen LogP contribution in [0.3, 0.4) is 0 Å². The number of hydrogen-bond acceptors (Lipinski definition) is 3. The summed E-state index contributed by atoms with van der Waals surface area (Å²) in [5.74, 6) is 0. The normalized spacial score (nSPS) is 19.5. The molecule has 0 saturated carbocycles. The molecule has 94 valence electrons. The molecule has 4 nitrogen and oxygen atoms in total. The van der Waals surface area contributed by atoms with Crippen LogP contribution >= 0.6 is 11.6 Å². The lowest BCUT2D eigenvalue weighted by Crippen LogP contribution is -2.26. The van der Waals surface area contributed by atoms with Gasteiger partial charge in [-0.3, -0.25) is 9.36 Å². The van der Waals surface area contributed by atoms with Crippen molar-refractivity contribution in [2.75, 3.05) is 6.61 Å². The van der Waals surface area contributed by atoms with Crippen LogP contribution in [-0.4, -0.2) is 22.3 Å². The van der Waals surface area contributed by atoms with Gasteiger partial charge in [0.2, 0.25) is 0 Å². The van der Waals surface area contributed by atoms with E-state index >= 15 is 0 Å². The molecular formula is C13H13ClN2O2. The molecule has 1 aromatic heterocycles. The molecule has 0 spiro atoms. The lowest BCUT2D eigenvalue weighted by atomic mass is 10.2. The summed E-state index contributed by atoms with van der Waals surface area (Å²) in [6.07, 6.45) is 3.77. The van der Waals surface area contributed by atoms with E-state index in [1.165, 1.54) is 0 Å². The average Bonchev–Trinajstić information content (AvgIpc) is 2.86. The first-order valence-electron chi connectivity index (χ1n) is 6.00. The van der Waals surface area contributed by atoms with Gasteiger partial charge in [0.15, 0.2) is 0 Å². The van der Waals surface area contributed by atoms with Crippen molar-refractivity contribution in [3.05, 3.63) is 39.9 Å². The van der Waals surface area contributed by atoms with Gasteiger partial charge in [0.25, 0.3) is 5.56 Å². The van der Waals surface area contributed by atoms with Crippen LogP contribution < -0.4 is 5.56 Å². The first-order chi connectivity index (χ1) is 8.74. The number of aromatic nitrogens is 2. The minimum atomic E-state index is -0.0574. The van der Waals surface area contributed by atoms with Crippen LogP contribution in [0.5, 0.6) is 0 Å². The molecule has 1 aliphatic rings. The van der Waals surface area contributed by atoms with E-state index in [1.54, 1.807) is 29.1 Å². The molecule has 0 N–H and O–H groups in total. The van der Waals surface area contributed by atoms with Gasteiger partial charge in [-0.05, 0) is 31.0 Å². The third-order valence-electron chi connectivity index (χ3n) is 3.21. The Morgan fingerprint density at radius 2 is 2.39 bits per heavy atom. The van der Waals surface area contributed by atoms with Crippen LogP contribution in [0.4, 0.5) is 0 Å².